The fraction of sp³-hybridized carbons (Fsp3) is 0. The van der Waals surface area contributed by atoms with Gasteiger partial charge < -0.3 is 10.7 Å². The molecule has 2 aromatic carbocycles. The van der Waals surface area contributed by atoms with Gasteiger partial charge >= 0.3 is 0 Å². The van der Waals surface area contributed by atoms with Crippen molar-refractivity contribution in [3.05, 3.63) is 93.2 Å². The minimum atomic E-state index is -0.737. The second-order valence-corrected chi connectivity index (χ2v) is 6.24. The van der Waals surface area contributed by atoms with Crippen molar-refractivity contribution in [2.75, 3.05) is 5.73 Å². The highest BCUT2D eigenvalue weighted by Crippen LogP contribution is 2.22. The minimum absolute atomic E-state index is 0.0248. The molecule has 0 bridgehead atoms. The van der Waals surface area contributed by atoms with Crippen LogP contribution in [0.25, 0.3) is 16.7 Å². The Morgan fingerprint density at radius 3 is 2.34 bits per heavy atom. The Bertz CT molecular complexity index is 1410. The zero-order chi connectivity index (χ0) is 20.5. The molecule has 0 saturated carbocycles. The summed E-state index contributed by atoms with van der Waals surface area (Å²) >= 11 is 0. The lowest BCUT2D eigenvalue weighted by Crippen LogP contribution is -2.28. The average Bonchev–Trinajstić information content (AvgIpc) is 2.74. The summed E-state index contributed by atoms with van der Waals surface area (Å²) in [5.41, 5.74) is 5.70. The summed E-state index contributed by atoms with van der Waals surface area (Å²) in [4.78, 5) is 28.0. The first-order valence-electron chi connectivity index (χ1n) is 8.61. The molecule has 2 aromatic heterocycles. The third-order valence-electron chi connectivity index (χ3n) is 4.50. The maximum atomic E-state index is 12.9. The number of nitrogens with one attached hydrogen (secondary N) is 2. The Morgan fingerprint density at radius 1 is 1.10 bits per heavy atom. The molecule has 0 aliphatic rings. The molecule has 0 unspecified atom stereocenters. The van der Waals surface area contributed by atoms with E-state index in [1.807, 2.05) is 12.1 Å². The van der Waals surface area contributed by atoms with Gasteiger partial charge in [0.15, 0.2) is 5.49 Å². The fourth-order valence-corrected chi connectivity index (χ4v) is 3.09. The van der Waals surface area contributed by atoms with E-state index in [0.717, 1.165) is 0 Å². The van der Waals surface area contributed by atoms with Crippen molar-refractivity contribution in [1.82, 2.24) is 14.8 Å². The van der Waals surface area contributed by atoms with Crippen LogP contribution in [0, 0.1) is 16.7 Å². The Labute approximate surface area is 164 Å². The van der Waals surface area contributed by atoms with Gasteiger partial charge in [-0.1, -0.05) is 48.5 Å². The average molecular weight is 382 g/mol. The number of pyridine rings is 1. The second kappa shape index (κ2) is 6.90. The van der Waals surface area contributed by atoms with Gasteiger partial charge in [-0.05, 0) is 12.1 Å². The molecule has 0 saturated heterocycles. The van der Waals surface area contributed by atoms with Crippen molar-refractivity contribution in [3.8, 4) is 11.8 Å². The van der Waals surface area contributed by atoms with Gasteiger partial charge in [-0.3, -0.25) is 15.0 Å². The number of fused-ring (bicyclic) bond motifs is 1. The summed E-state index contributed by atoms with van der Waals surface area (Å²) in [6.07, 6.45) is 0. The Morgan fingerprint density at radius 2 is 1.72 bits per heavy atom. The number of anilines is 1. The van der Waals surface area contributed by atoms with Crippen LogP contribution < -0.4 is 16.8 Å². The largest absolute Gasteiger partial charge is 0.396 e. The van der Waals surface area contributed by atoms with Crippen LogP contribution in [0.2, 0.25) is 0 Å². The molecule has 8 heteroatoms. The number of aromatic amines is 1. The van der Waals surface area contributed by atoms with Crippen LogP contribution in [0.4, 0.5) is 5.69 Å². The van der Waals surface area contributed by atoms with Crippen LogP contribution in [0.5, 0.6) is 0 Å². The van der Waals surface area contributed by atoms with E-state index in [4.69, 9.17) is 11.1 Å². The third-order valence-corrected chi connectivity index (χ3v) is 4.50. The van der Waals surface area contributed by atoms with Gasteiger partial charge in [0.2, 0.25) is 5.78 Å². The number of carbonyl (C=O) groups is 1. The lowest BCUT2D eigenvalue weighted by Gasteiger charge is -2.12. The lowest BCUT2D eigenvalue weighted by atomic mass is 10.0. The molecule has 4 rings (SSSR count). The third kappa shape index (κ3) is 2.87. The topological polar surface area (TPSA) is 141 Å². The fourth-order valence-electron chi connectivity index (χ4n) is 3.09. The van der Waals surface area contributed by atoms with Gasteiger partial charge in [0.25, 0.3) is 5.56 Å². The number of nitriles is 1. The van der Waals surface area contributed by atoms with Crippen molar-refractivity contribution in [2.24, 2.45) is 0 Å². The normalized spacial score (nSPS) is 10.6. The van der Waals surface area contributed by atoms with Crippen molar-refractivity contribution >= 4 is 22.5 Å². The predicted octanol–water partition coefficient (Wildman–Crippen LogP) is 1.88. The zero-order valence-electron chi connectivity index (χ0n) is 15.0. The number of hydrogen-bond acceptors (Lipinski definition) is 6. The number of ketones is 1. The molecule has 0 aliphatic heterocycles. The first kappa shape index (κ1) is 17.9. The van der Waals surface area contributed by atoms with Crippen molar-refractivity contribution in [1.29, 1.82) is 10.7 Å². The first-order valence-corrected chi connectivity index (χ1v) is 8.61. The number of para-hydroxylation sites is 1. The van der Waals surface area contributed by atoms with Gasteiger partial charge in [0.05, 0.1) is 16.9 Å². The highest BCUT2D eigenvalue weighted by atomic mass is 16.1. The van der Waals surface area contributed by atoms with E-state index in [0.29, 0.717) is 11.3 Å². The Kier molecular flexibility index (Phi) is 4.26. The van der Waals surface area contributed by atoms with E-state index in [1.165, 1.54) is 4.68 Å². The Balaban J connectivity index is 2.07. The van der Waals surface area contributed by atoms with Crippen LogP contribution in [0.1, 0.15) is 21.5 Å². The Hall–Kier alpha value is -4.51. The number of rotatable bonds is 3. The number of hydrogen-bond donors (Lipinski definition) is 3. The molecule has 0 aliphatic carbocycles. The van der Waals surface area contributed by atoms with Crippen molar-refractivity contribution in [3.63, 3.8) is 0 Å². The van der Waals surface area contributed by atoms with Crippen LogP contribution >= 0.6 is 0 Å². The maximum absolute atomic E-state index is 12.9. The van der Waals surface area contributed by atoms with Gasteiger partial charge in [-0.2, -0.15) is 10.4 Å². The second-order valence-electron chi connectivity index (χ2n) is 6.24. The first-order chi connectivity index (χ1) is 14.0. The number of H-pyrrole nitrogens is 1. The molecule has 8 nitrogen and oxygen atoms in total. The van der Waals surface area contributed by atoms with E-state index in [1.54, 1.807) is 54.6 Å². The summed E-state index contributed by atoms with van der Waals surface area (Å²) < 4.78 is 1.24. The number of carbonyl (C=O) groups excluding carboxylic acids is 1. The van der Waals surface area contributed by atoms with E-state index < -0.39 is 11.3 Å². The van der Waals surface area contributed by atoms with Crippen LogP contribution in [0.15, 0.2) is 65.5 Å². The quantitative estimate of drug-likeness (QED) is 0.464. The minimum Gasteiger partial charge on any atom is -0.396 e. The molecule has 140 valence electrons. The number of aromatic nitrogens is 3. The summed E-state index contributed by atoms with van der Waals surface area (Å²) in [5.74, 6) is -0.548. The van der Waals surface area contributed by atoms with Crippen LogP contribution in [-0.2, 0) is 0 Å². The van der Waals surface area contributed by atoms with Gasteiger partial charge in [0.1, 0.15) is 22.7 Å². The summed E-state index contributed by atoms with van der Waals surface area (Å²) in [7, 11) is 0. The molecular weight excluding hydrogens is 368 g/mol. The molecule has 29 heavy (non-hydrogen) atoms. The number of nitrogens with zero attached hydrogens (tertiary/aromatic N) is 3. The predicted molar refractivity (Wildman–Crippen MR) is 107 cm³/mol. The number of benzene rings is 2. The molecule has 2 heterocycles. The van der Waals surface area contributed by atoms with E-state index in [-0.39, 0.29) is 33.3 Å². The summed E-state index contributed by atoms with van der Waals surface area (Å²) in [5, 5.41) is 22.3. The van der Waals surface area contributed by atoms with E-state index in [9.17, 15) is 14.9 Å². The van der Waals surface area contributed by atoms with Gasteiger partial charge in [-0.25, -0.2) is 4.68 Å². The highest BCUT2D eigenvalue weighted by molar-refractivity contribution is 6.14. The molecule has 4 aromatic rings. The molecule has 0 spiro atoms. The van der Waals surface area contributed by atoms with Crippen LogP contribution in [0.3, 0.4) is 0 Å². The molecule has 0 atom stereocenters. The summed E-state index contributed by atoms with van der Waals surface area (Å²) in [6.45, 7) is 0. The molecule has 0 amide bonds. The maximum Gasteiger partial charge on any atom is 0.261 e. The smallest absolute Gasteiger partial charge is 0.261 e. The highest BCUT2D eigenvalue weighted by Gasteiger charge is 2.22. The van der Waals surface area contributed by atoms with Crippen LogP contribution in [-0.4, -0.2) is 20.5 Å². The van der Waals surface area contributed by atoms with E-state index >= 15 is 0 Å². The van der Waals surface area contributed by atoms with Crippen molar-refractivity contribution in [2.45, 2.75) is 0 Å². The van der Waals surface area contributed by atoms with Gasteiger partial charge in [0, 0.05) is 5.56 Å². The number of nitrogen functional groups attached to an aromatic ring is 1. The van der Waals surface area contributed by atoms with E-state index in [2.05, 4.69) is 10.1 Å². The van der Waals surface area contributed by atoms with Gasteiger partial charge in [-0.15, -0.1) is 0 Å². The molecule has 4 N–H and O–H groups in total. The molecule has 0 fully saturated rings. The lowest BCUT2D eigenvalue weighted by molar-refractivity contribution is 0.103. The van der Waals surface area contributed by atoms with Crippen molar-refractivity contribution < 1.29 is 4.79 Å². The monoisotopic (exact) mass is 382 g/mol. The molecule has 0 radical (unpaired) electrons. The SMILES string of the molecule is N#Cc1c(=N)n(-c2ccccc2)nc2c(N)c(C(=O)c3ccccc3)c(=O)[nH]c12. The standard InChI is InChI=1S/C21H14N6O2/c22-11-14-17-18(26-27(20(14)24)13-9-5-2-6-10-13)16(23)15(21(29)25-17)19(28)12-7-3-1-4-8-12/h1-10,24H,23H2,(H,25,29). The summed E-state index contributed by atoms with van der Waals surface area (Å²) in [6, 6.07) is 19.0. The number of nitrogens with two attached hydrogens (primary N) is 1. The molecular formula is C21H14N6O2. The zero-order valence-corrected chi connectivity index (χ0v) is 15.0.